The van der Waals surface area contributed by atoms with Crippen LogP contribution in [0.1, 0.15) is 28.1 Å². The van der Waals surface area contributed by atoms with Gasteiger partial charge in [0, 0.05) is 19.5 Å². The number of thiophene rings is 1. The van der Waals surface area contributed by atoms with Crippen LogP contribution in [0.2, 0.25) is 0 Å². The van der Waals surface area contributed by atoms with Crippen molar-refractivity contribution in [1.82, 2.24) is 10.2 Å². The normalized spacial score (nSPS) is 15.5. The molecular weight excluding hydrogens is 327 g/mol. The van der Waals surface area contributed by atoms with Crippen molar-refractivity contribution in [2.24, 2.45) is 0 Å². The van der Waals surface area contributed by atoms with Crippen molar-refractivity contribution in [3.63, 3.8) is 0 Å². The van der Waals surface area contributed by atoms with Gasteiger partial charge in [-0.25, -0.2) is 4.39 Å². The Labute approximate surface area is 144 Å². The highest BCUT2D eigenvalue weighted by molar-refractivity contribution is 7.12. The summed E-state index contributed by atoms with van der Waals surface area (Å²) in [5.41, 5.74) is 0.824. The second-order valence-electron chi connectivity index (χ2n) is 5.87. The van der Waals surface area contributed by atoms with Crippen molar-refractivity contribution in [3.05, 3.63) is 58.0 Å². The minimum atomic E-state index is -0.290. The molecule has 0 saturated carbocycles. The van der Waals surface area contributed by atoms with Crippen molar-refractivity contribution in [1.29, 1.82) is 0 Å². The van der Waals surface area contributed by atoms with Crippen LogP contribution in [0.5, 0.6) is 0 Å². The van der Waals surface area contributed by atoms with E-state index in [4.69, 9.17) is 0 Å². The second kappa shape index (κ2) is 7.57. The lowest BCUT2D eigenvalue weighted by Gasteiger charge is -2.28. The van der Waals surface area contributed by atoms with Gasteiger partial charge in [0.2, 0.25) is 5.91 Å². The molecule has 2 aromatic rings. The molecule has 1 atom stereocenters. The molecule has 1 N–H and O–H groups in total. The summed E-state index contributed by atoms with van der Waals surface area (Å²) >= 11 is 1.38. The molecule has 2 amide bonds. The van der Waals surface area contributed by atoms with E-state index in [2.05, 4.69) is 5.32 Å². The van der Waals surface area contributed by atoms with Gasteiger partial charge in [0.05, 0.1) is 10.9 Å². The van der Waals surface area contributed by atoms with Gasteiger partial charge in [0.25, 0.3) is 5.91 Å². The number of rotatable bonds is 6. The third kappa shape index (κ3) is 4.00. The Hall–Kier alpha value is -2.21. The largest absolute Gasteiger partial charge is 0.349 e. The number of hydrogen-bond donors (Lipinski definition) is 1. The van der Waals surface area contributed by atoms with E-state index in [9.17, 15) is 14.0 Å². The number of likely N-dealkylation sites (tertiary alicyclic amines) is 1. The second-order valence-corrected chi connectivity index (χ2v) is 6.81. The van der Waals surface area contributed by atoms with Gasteiger partial charge in [0.15, 0.2) is 0 Å². The topological polar surface area (TPSA) is 49.4 Å². The zero-order chi connectivity index (χ0) is 16.9. The number of nitrogens with zero attached hydrogens (tertiary/aromatic N) is 1. The molecule has 1 fully saturated rings. The molecule has 3 rings (SSSR count). The molecule has 24 heavy (non-hydrogen) atoms. The Bertz CT molecular complexity index is 718. The van der Waals surface area contributed by atoms with Crippen LogP contribution in [0.25, 0.3) is 0 Å². The first-order valence-corrected chi connectivity index (χ1v) is 8.87. The molecule has 1 aromatic heterocycles. The molecular formula is C18H19FN2O2S. The van der Waals surface area contributed by atoms with Crippen LogP contribution >= 0.6 is 11.3 Å². The summed E-state index contributed by atoms with van der Waals surface area (Å²) in [5.74, 6) is -0.329. The zero-order valence-electron chi connectivity index (χ0n) is 13.2. The Morgan fingerprint density at radius 3 is 2.88 bits per heavy atom. The SMILES string of the molecule is O=C(NC[C@H](Cc1cccc(F)c1)N1CCCC1=O)c1cccs1. The predicted octanol–water partition coefficient (Wildman–Crippen LogP) is 2.85. The van der Waals surface area contributed by atoms with Crippen molar-refractivity contribution >= 4 is 23.2 Å². The number of carbonyl (C=O) groups is 2. The van der Waals surface area contributed by atoms with Gasteiger partial charge >= 0.3 is 0 Å². The molecule has 1 aromatic carbocycles. The Balaban J connectivity index is 1.70. The average Bonchev–Trinajstić information content (AvgIpc) is 3.23. The van der Waals surface area contributed by atoms with Gasteiger partial charge in [-0.15, -0.1) is 11.3 Å². The first kappa shape index (κ1) is 16.6. The van der Waals surface area contributed by atoms with Gasteiger partial charge in [0.1, 0.15) is 5.82 Å². The van der Waals surface area contributed by atoms with Crippen LogP contribution in [-0.2, 0) is 11.2 Å². The van der Waals surface area contributed by atoms with Crippen LogP contribution in [0.15, 0.2) is 41.8 Å². The quantitative estimate of drug-likeness (QED) is 0.874. The van der Waals surface area contributed by atoms with Crippen LogP contribution in [0.3, 0.4) is 0 Å². The van der Waals surface area contributed by atoms with Crippen LogP contribution in [0.4, 0.5) is 4.39 Å². The highest BCUT2D eigenvalue weighted by atomic mass is 32.1. The highest BCUT2D eigenvalue weighted by Crippen LogP contribution is 2.18. The molecule has 4 nitrogen and oxygen atoms in total. The third-order valence-electron chi connectivity index (χ3n) is 4.15. The number of hydrogen-bond acceptors (Lipinski definition) is 3. The molecule has 6 heteroatoms. The standard InChI is InChI=1S/C18H19FN2O2S/c19-14-5-1-4-13(10-14)11-15(21-8-2-7-17(21)22)12-20-18(23)16-6-3-9-24-16/h1,3-6,9-10,15H,2,7-8,11-12H2,(H,20,23)/t15-/m0/s1. The lowest BCUT2D eigenvalue weighted by molar-refractivity contribution is -0.129. The summed E-state index contributed by atoms with van der Waals surface area (Å²) in [6.07, 6.45) is 1.89. The van der Waals surface area contributed by atoms with E-state index < -0.39 is 0 Å². The minimum Gasteiger partial charge on any atom is -0.349 e. The van der Waals surface area contributed by atoms with Crippen LogP contribution < -0.4 is 5.32 Å². The van der Waals surface area contributed by atoms with E-state index >= 15 is 0 Å². The number of amides is 2. The molecule has 1 saturated heterocycles. The first-order valence-electron chi connectivity index (χ1n) is 7.99. The van der Waals surface area contributed by atoms with Crippen LogP contribution in [0, 0.1) is 5.82 Å². The van der Waals surface area contributed by atoms with Gasteiger partial charge in [-0.1, -0.05) is 18.2 Å². The maximum Gasteiger partial charge on any atom is 0.261 e. The van der Waals surface area contributed by atoms with E-state index in [1.54, 1.807) is 17.0 Å². The fourth-order valence-electron chi connectivity index (χ4n) is 2.99. The molecule has 2 heterocycles. The number of nitrogens with one attached hydrogen (secondary N) is 1. The minimum absolute atomic E-state index is 0.0989. The summed E-state index contributed by atoms with van der Waals surface area (Å²) < 4.78 is 13.4. The summed E-state index contributed by atoms with van der Waals surface area (Å²) in [6.45, 7) is 1.05. The molecule has 1 aliphatic rings. The third-order valence-corrected chi connectivity index (χ3v) is 5.02. The molecule has 0 bridgehead atoms. The average molecular weight is 346 g/mol. The van der Waals surface area contributed by atoms with E-state index in [1.165, 1.54) is 23.5 Å². The smallest absolute Gasteiger partial charge is 0.261 e. The maximum absolute atomic E-state index is 13.4. The van der Waals surface area contributed by atoms with Crippen molar-refractivity contribution in [2.75, 3.05) is 13.1 Å². The molecule has 0 radical (unpaired) electrons. The van der Waals surface area contributed by atoms with Gasteiger partial charge in [-0.2, -0.15) is 0 Å². The van der Waals surface area contributed by atoms with E-state index in [0.29, 0.717) is 30.8 Å². The van der Waals surface area contributed by atoms with Gasteiger partial charge in [-0.05, 0) is 42.0 Å². The Morgan fingerprint density at radius 2 is 2.21 bits per heavy atom. The maximum atomic E-state index is 13.4. The van der Waals surface area contributed by atoms with E-state index in [1.807, 2.05) is 17.5 Å². The van der Waals surface area contributed by atoms with Gasteiger partial charge in [-0.3, -0.25) is 9.59 Å². The summed E-state index contributed by atoms with van der Waals surface area (Å²) in [5, 5.41) is 4.75. The number of halogens is 1. The fourth-order valence-corrected chi connectivity index (χ4v) is 3.63. The molecule has 0 unspecified atom stereocenters. The zero-order valence-corrected chi connectivity index (χ0v) is 14.0. The van der Waals surface area contributed by atoms with E-state index in [0.717, 1.165) is 12.0 Å². The van der Waals surface area contributed by atoms with Crippen molar-refractivity contribution in [3.8, 4) is 0 Å². The lowest BCUT2D eigenvalue weighted by Crippen LogP contribution is -2.45. The number of carbonyl (C=O) groups excluding carboxylic acids is 2. The fraction of sp³-hybridized carbons (Fsp3) is 0.333. The first-order chi connectivity index (χ1) is 11.6. The van der Waals surface area contributed by atoms with Crippen molar-refractivity contribution in [2.45, 2.75) is 25.3 Å². The molecule has 0 aliphatic carbocycles. The highest BCUT2D eigenvalue weighted by Gasteiger charge is 2.28. The van der Waals surface area contributed by atoms with Gasteiger partial charge < -0.3 is 10.2 Å². The number of benzene rings is 1. The molecule has 126 valence electrons. The molecule has 1 aliphatic heterocycles. The Morgan fingerprint density at radius 1 is 1.33 bits per heavy atom. The van der Waals surface area contributed by atoms with Crippen molar-refractivity contribution < 1.29 is 14.0 Å². The lowest BCUT2D eigenvalue weighted by atomic mass is 10.0. The monoisotopic (exact) mass is 346 g/mol. The molecule has 0 spiro atoms. The Kier molecular flexibility index (Phi) is 5.25. The van der Waals surface area contributed by atoms with Crippen LogP contribution in [-0.4, -0.2) is 35.8 Å². The predicted molar refractivity (Wildman–Crippen MR) is 91.5 cm³/mol. The van der Waals surface area contributed by atoms with E-state index in [-0.39, 0.29) is 23.7 Å². The summed E-state index contributed by atoms with van der Waals surface area (Å²) in [7, 11) is 0. The summed E-state index contributed by atoms with van der Waals surface area (Å²) in [4.78, 5) is 26.7. The summed E-state index contributed by atoms with van der Waals surface area (Å²) in [6, 6.07) is 9.82.